The molecule has 0 aromatic heterocycles. The molecule has 4 nitrogen and oxygen atoms in total. The molecule has 0 unspecified atom stereocenters. The Bertz CT molecular complexity index is 1420. The molecule has 0 saturated heterocycles. The number of amides is 1. The van der Waals surface area contributed by atoms with E-state index in [4.69, 9.17) is 0 Å². The van der Waals surface area contributed by atoms with Crippen LogP contribution in [0.25, 0.3) is 0 Å². The van der Waals surface area contributed by atoms with Gasteiger partial charge in [-0.2, -0.15) is 0 Å². The van der Waals surface area contributed by atoms with E-state index < -0.39 is 0 Å². The zero-order valence-electron chi connectivity index (χ0n) is 35.3. The van der Waals surface area contributed by atoms with E-state index in [2.05, 4.69) is 111 Å². The number of aryl methyl sites for hydroxylation is 3. The van der Waals surface area contributed by atoms with Crippen molar-refractivity contribution in [3.63, 3.8) is 0 Å². The number of nitrogens with one attached hydrogen (secondary N) is 1. The van der Waals surface area contributed by atoms with Gasteiger partial charge in [0.25, 0.3) is 5.91 Å². The summed E-state index contributed by atoms with van der Waals surface area (Å²) in [6.45, 7) is 26.3. The molecule has 0 saturated carbocycles. The van der Waals surface area contributed by atoms with Gasteiger partial charge in [0.2, 0.25) is 0 Å². The van der Waals surface area contributed by atoms with Gasteiger partial charge in [-0.15, -0.1) is 0 Å². The monoisotopic (exact) mass is 713 g/mol. The van der Waals surface area contributed by atoms with Crippen LogP contribution < -0.4 is 5.32 Å². The summed E-state index contributed by atoms with van der Waals surface area (Å²) in [5.74, 6) is 1.34. The smallest absolute Gasteiger partial charge is 0.257 e. The van der Waals surface area contributed by atoms with Crippen LogP contribution in [0.3, 0.4) is 0 Å². The van der Waals surface area contributed by atoms with E-state index in [1.807, 2.05) is 24.0 Å². The summed E-state index contributed by atoms with van der Waals surface area (Å²) in [6.07, 6.45) is 15.1. The van der Waals surface area contributed by atoms with Crippen LogP contribution in [0, 0.1) is 13.8 Å². The van der Waals surface area contributed by atoms with E-state index in [0.717, 1.165) is 50.0 Å². The number of anilines is 1. The van der Waals surface area contributed by atoms with Crippen LogP contribution in [0.4, 0.5) is 5.69 Å². The van der Waals surface area contributed by atoms with Gasteiger partial charge in [-0.3, -0.25) is 4.79 Å². The van der Waals surface area contributed by atoms with Crippen LogP contribution in [-0.2, 0) is 13.0 Å². The number of hydrogen-bond donors (Lipinski definition) is 2. The molecule has 290 valence electrons. The van der Waals surface area contributed by atoms with E-state index in [-0.39, 0.29) is 11.7 Å². The molecule has 52 heavy (non-hydrogen) atoms. The second-order valence-corrected chi connectivity index (χ2v) is 16.0. The van der Waals surface area contributed by atoms with Crippen LogP contribution in [-0.4, -0.2) is 29.0 Å². The Kier molecular flexibility index (Phi) is 20.8. The lowest BCUT2D eigenvalue weighted by molar-refractivity contribution is 0.0748. The summed E-state index contributed by atoms with van der Waals surface area (Å²) in [5, 5.41) is 14.4. The molecule has 0 aliphatic rings. The molecular weight excluding hydrogens is 637 g/mol. The first-order valence-corrected chi connectivity index (χ1v) is 20.9. The molecule has 0 bridgehead atoms. The van der Waals surface area contributed by atoms with Crippen LogP contribution in [0.15, 0.2) is 48.5 Å². The molecular formula is C48H76N2O2. The van der Waals surface area contributed by atoms with Gasteiger partial charge in [0.1, 0.15) is 5.75 Å². The largest absolute Gasteiger partial charge is 0.507 e. The summed E-state index contributed by atoms with van der Waals surface area (Å²) in [6, 6.07) is 17.5. The highest BCUT2D eigenvalue weighted by atomic mass is 16.3. The van der Waals surface area contributed by atoms with Crippen molar-refractivity contribution in [1.82, 2.24) is 4.90 Å². The average molecular weight is 713 g/mol. The number of carbonyl (C=O) groups excluding carboxylic acids is 1. The lowest BCUT2D eigenvalue weighted by Gasteiger charge is -2.25. The minimum atomic E-state index is -0.0758. The topological polar surface area (TPSA) is 52.6 Å². The van der Waals surface area contributed by atoms with Crippen LogP contribution >= 0.6 is 0 Å². The average Bonchev–Trinajstić information content (AvgIpc) is 3.12. The molecule has 2 N–H and O–H groups in total. The maximum atomic E-state index is 13.5. The van der Waals surface area contributed by atoms with E-state index in [1.165, 1.54) is 84.7 Å². The summed E-state index contributed by atoms with van der Waals surface area (Å²) < 4.78 is 0. The number of carbonyl (C=O) groups is 1. The van der Waals surface area contributed by atoms with E-state index in [0.29, 0.717) is 29.9 Å². The number of hydrogen-bond acceptors (Lipinski definition) is 3. The Labute approximate surface area is 320 Å². The fourth-order valence-corrected chi connectivity index (χ4v) is 6.77. The van der Waals surface area contributed by atoms with Gasteiger partial charge in [0.05, 0.1) is 5.56 Å². The van der Waals surface area contributed by atoms with E-state index in [1.54, 1.807) is 0 Å². The highest BCUT2D eigenvalue weighted by Crippen LogP contribution is 2.34. The first-order chi connectivity index (χ1) is 24.8. The molecule has 1 amide bonds. The summed E-state index contributed by atoms with van der Waals surface area (Å²) in [7, 11) is 0. The van der Waals surface area contributed by atoms with Crippen molar-refractivity contribution in [2.75, 3.05) is 18.4 Å². The molecule has 0 atom stereocenters. The molecule has 0 aliphatic heterocycles. The molecule has 0 aliphatic carbocycles. The second-order valence-electron chi connectivity index (χ2n) is 16.0. The molecule has 3 aromatic rings. The third-order valence-electron chi connectivity index (χ3n) is 10.3. The number of benzene rings is 3. The third kappa shape index (κ3) is 15.0. The zero-order chi connectivity index (χ0) is 38.6. The molecule has 0 radical (unpaired) electrons. The Morgan fingerprint density at radius 2 is 1.19 bits per heavy atom. The van der Waals surface area contributed by atoms with Crippen LogP contribution in [0.1, 0.15) is 200 Å². The predicted molar refractivity (Wildman–Crippen MR) is 227 cm³/mol. The highest BCUT2D eigenvalue weighted by molar-refractivity contribution is 5.98. The maximum Gasteiger partial charge on any atom is 0.257 e. The fraction of sp³-hybridized carbons (Fsp3) is 0.604. The molecule has 3 aromatic carbocycles. The normalized spacial score (nSPS) is 11.3. The minimum Gasteiger partial charge on any atom is -0.507 e. The molecule has 3 rings (SSSR count). The summed E-state index contributed by atoms with van der Waals surface area (Å²) in [4.78, 5) is 15.4. The van der Waals surface area contributed by atoms with Crippen molar-refractivity contribution in [3.05, 3.63) is 93.0 Å². The molecule has 0 spiro atoms. The van der Waals surface area contributed by atoms with Gasteiger partial charge in [-0.1, -0.05) is 156 Å². The second kappa shape index (κ2) is 24.1. The third-order valence-corrected chi connectivity index (χ3v) is 10.3. The molecule has 4 heteroatoms. The predicted octanol–water partition coefficient (Wildman–Crippen LogP) is 14.0. The number of nitrogens with zero attached hydrogens (tertiary/aromatic N) is 1. The van der Waals surface area contributed by atoms with Crippen LogP contribution in [0.2, 0.25) is 0 Å². The number of phenols is 1. The van der Waals surface area contributed by atoms with E-state index in [9.17, 15) is 9.90 Å². The van der Waals surface area contributed by atoms with E-state index >= 15 is 0 Å². The fourth-order valence-electron chi connectivity index (χ4n) is 6.77. The lowest BCUT2D eigenvalue weighted by atomic mass is 9.84. The maximum absolute atomic E-state index is 13.5. The summed E-state index contributed by atoms with van der Waals surface area (Å²) >= 11 is 0. The number of phenolic OH excluding ortho intramolecular Hbond substituents is 1. The van der Waals surface area contributed by atoms with Gasteiger partial charge in [-0.25, -0.2) is 0 Å². The van der Waals surface area contributed by atoms with Crippen molar-refractivity contribution in [2.45, 2.75) is 178 Å². The van der Waals surface area contributed by atoms with Gasteiger partial charge < -0.3 is 15.3 Å². The SMILES string of the molecule is CCCCCCCCCc1ccc(C)cc1.CCCCN(CCCC)C(=O)c1cc(NCc2c(C(C)C)cc(C(C)C)cc2C(C)C)cc(C)c1O. The van der Waals surface area contributed by atoms with Crippen molar-refractivity contribution in [2.24, 2.45) is 0 Å². The quantitative estimate of drug-likeness (QED) is 0.0854. The Balaban J connectivity index is 0.000000487. The molecule has 0 fully saturated rings. The Hall–Kier alpha value is -3.27. The summed E-state index contributed by atoms with van der Waals surface area (Å²) in [5.41, 5.74) is 10.4. The standard InChI is InChI=1S/C32H50N2O2.C16H26/c1-10-12-14-34(15-13-11-2)32(36)29-19-26(16-24(9)31(29)35)33-20-30-27(22(5)6)17-25(21(3)4)18-28(30)23(7)8;1-3-4-5-6-7-8-9-10-16-13-11-15(2)12-14-16/h16-19,21-23,33,35H,10-15,20H2,1-9H3;11-14H,3-10H2,1-2H3. The van der Waals surface area contributed by atoms with Crippen molar-refractivity contribution in [3.8, 4) is 5.75 Å². The van der Waals surface area contributed by atoms with Gasteiger partial charge in [-0.05, 0) is 103 Å². The molecule has 0 heterocycles. The number of rotatable bonds is 21. The Morgan fingerprint density at radius 1 is 0.673 bits per heavy atom. The van der Waals surface area contributed by atoms with Gasteiger partial charge in [0, 0.05) is 25.3 Å². The van der Waals surface area contributed by atoms with Crippen molar-refractivity contribution < 1.29 is 9.90 Å². The lowest BCUT2D eigenvalue weighted by Crippen LogP contribution is -2.33. The highest BCUT2D eigenvalue weighted by Gasteiger charge is 2.22. The van der Waals surface area contributed by atoms with Crippen molar-refractivity contribution in [1.29, 1.82) is 0 Å². The zero-order valence-corrected chi connectivity index (χ0v) is 35.3. The Morgan fingerprint density at radius 3 is 1.69 bits per heavy atom. The first kappa shape index (κ1) is 44.9. The number of aromatic hydroxyl groups is 1. The van der Waals surface area contributed by atoms with Gasteiger partial charge in [0.15, 0.2) is 0 Å². The first-order valence-electron chi connectivity index (χ1n) is 20.9. The van der Waals surface area contributed by atoms with Crippen molar-refractivity contribution >= 4 is 11.6 Å². The minimum absolute atomic E-state index is 0.0758. The van der Waals surface area contributed by atoms with Crippen LogP contribution in [0.5, 0.6) is 5.75 Å². The van der Waals surface area contributed by atoms with Gasteiger partial charge >= 0.3 is 0 Å². The number of unbranched alkanes of at least 4 members (excludes halogenated alkanes) is 8.